The largest absolute Gasteiger partial charge is 0.324 e. The number of carbonyl (C=O) groups is 1. The molecule has 0 amide bonds. The molecule has 82 valence electrons. The van der Waals surface area contributed by atoms with E-state index in [-0.39, 0.29) is 17.7 Å². The summed E-state index contributed by atoms with van der Waals surface area (Å²) in [4.78, 5) is 11.3. The van der Waals surface area contributed by atoms with Crippen LogP contribution < -0.4 is 5.73 Å². The second kappa shape index (κ2) is 4.58. The fourth-order valence-corrected chi connectivity index (χ4v) is 1.54. The third kappa shape index (κ3) is 3.84. The van der Waals surface area contributed by atoms with Crippen LogP contribution in [0.15, 0.2) is 24.3 Å². The molecule has 0 atom stereocenters. The molecular weight excluding hydrogens is 186 g/mol. The van der Waals surface area contributed by atoms with Gasteiger partial charge in [0.1, 0.15) is 0 Å². The van der Waals surface area contributed by atoms with Crippen LogP contribution in [0, 0.1) is 5.41 Å². The van der Waals surface area contributed by atoms with E-state index in [0.717, 1.165) is 6.42 Å². The van der Waals surface area contributed by atoms with Crippen LogP contribution in [-0.2, 0) is 6.42 Å². The molecule has 1 rings (SSSR count). The van der Waals surface area contributed by atoms with E-state index in [1.807, 2.05) is 24.3 Å². The van der Waals surface area contributed by atoms with Gasteiger partial charge in [-0.2, -0.15) is 0 Å². The van der Waals surface area contributed by atoms with Crippen LogP contribution in [-0.4, -0.2) is 12.3 Å². The highest BCUT2D eigenvalue weighted by atomic mass is 16.1. The smallest absolute Gasteiger partial charge is 0.176 e. The monoisotopic (exact) mass is 205 g/mol. The molecule has 0 radical (unpaired) electrons. The maximum absolute atomic E-state index is 11.3. The van der Waals surface area contributed by atoms with Crippen LogP contribution in [0.1, 0.15) is 36.7 Å². The number of hydrogen-bond donors (Lipinski definition) is 1. The maximum Gasteiger partial charge on any atom is 0.176 e. The van der Waals surface area contributed by atoms with E-state index >= 15 is 0 Å². The first-order chi connectivity index (χ1) is 6.92. The Hall–Kier alpha value is -1.15. The summed E-state index contributed by atoms with van der Waals surface area (Å²) in [6.07, 6.45) is 1.02. The third-order valence-electron chi connectivity index (χ3n) is 2.20. The van der Waals surface area contributed by atoms with E-state index in [9.17, 15) is 4.79 Å². The summed E-state index contributed by atoms with van der Waals surface area (Å²) in [5.41, 5.74) is 7.54. The van der Waals surface area contributed by atoms with Gasteiger partial charge in [0.05, 0.1) is 6.54 Å². The summed E-state index contributed by atoms with van der Waals surface area (Å²) in [7, 11) is 0. The topological polar surface area (TPSA) is 43.1 Å². The summed E-state index contributed by atoms with van der Waals surface area (Å²) in [5, 5.41) is 0. The van der Waals surface area contributed by atoms with Gasteiger partial charge >= 0.3 is 0 Å². The lowest BCUT2D eigenvalue weighted by atomic mass is 9.88. The van der Waals surface area contributed by atoms with Crippen molar-refractivity contribution in [2.45, 2.75) is 27.2 Å². The minimum atomic E-state index is -0.00249. The SMILES string of the molecule is CC(C)(C)Cc1ccc(C(=O)CN)cc1. The summed E-state index contributed by atoms with van der Waals surface area (Å²) >= 11 is 0. The Morgan fingerprint density at radius 3 is 2.13 bits per heavy atom. The number of ketones is 1. The minimum Gasteiger partial charge on any atom is -0.324 e. The molecule has 1 aromatic rings. The van der Waals surface area contributed by atoms with Crippen molar-refractivity contribution in [3.63, 3.8) is 0 Å². The van der Waals surface area contributed by atoms with Gasteiger partial charge in [0.25, 0.3) is 0 Å². The Labute approximate surface area is 91.5 Å². The number of carbonyl (C=O) groups excluding carboxylic acids is 1. The zero-order chi connectivity index (χ0) is 11.5. The first-order valence-corrected chi connectivity index (χ1v) is 5.24. The van der Waals surface area contributed by atoms with Crippen molar-refractivity contribution in [2.24, 2.45) is 11.1 Å². The van der Waals surface area contributed by atoms with Gasteiger partial charge in [0, 0.05) is 5.56 Å². The molecule has 0 aromatic heterocycles. The number of rotatable bonds is 3. The van der Waals surface area contributed by atoms with E-state index in [1.165, 1.54) is 5.56 Å². The number of hydrogen-bond acceptors (Lipinski definition) is 2. The van der Waals surface area contributed by atoms with Crippen molar-refractivity contribution in [1.82, 2.24) is 0 Å². The maximum atomic E-state index is 11.3. The Kier molecular flexibility index (Phi) is 3.64. The molecule has 0 unspecified atom stereocenters. The van der Waals surface area contributed by atoms with E-state index in [0.29, 0.717) is 5.56 Å². The molecule has 0 aliphatic rings. The van der Waals surface area contributed by atoms with Gasteiger partial charge in [-0.05, 0) is 17.4 Å². The molecule has 2 nitrogen and oxygen atoms in total. The number of nitrogens with two attached hydrogens (primary N) is 1. The molecule has 0 heterocycles. The molecule has 1 aromatic carbocycles. The Bertz CT molecular complexity index is 333. The molecule has 0 bridgehead atoms. The van der Waals surface area contributed by atoms with E-state index in [4.69, 9.17) is 5.73 Å². The van der Waals surface area contributed by atoms with Crippen molar-refractivity contribution in [1.29, 1.82) is 0 Å². The zero-order valence-electron chi connectivity index (χ0n) is 9.71. The first-order valence-electron chi connectivity index (χ1n) is 5.24. The quantitative estimate of drug-likeness (QED) is 0.770. The third-order valence-corrected chi connectivity index (χ3v) is 2.20. The van der Waals surface area contributed by atoms with Gasteiger partial charge in [-0.15, -0.1) is 0 Å². The predicted molar refractivity (Wildman–Crippen MR) is 63.0 cm³/mol. The lowest BCUT2D eigenvalue weighted by Crippen LogP contribution is -2.14. The summed E-state index contributed by atoms with van der Waals surface area (Å²) in [6, 6.07) is 7.73. The van der Waals surface area contributed by atoms with Gasteiger partial charge in [0.15, 0.2) is 5.78 Å². The van der Waals surface area contributed by atoms with E-state index in [2.05, 4.69) is 20.8 Å². The van der Waals surface area contributed by atoms with Crippen LogP contribution in [0.3, 0.4) is 0 Å². The highest BCUT2D eigenvalue weighted by Gasteiger charge is 2.11. The van der Waals surface area contributed by atoms with E-state index < -0.39 is 0 Å². The Morgan fingerprint density at radius 2 is 1.73 bits per heavy atom. The van der Waals surface area contributed by atoms with Crippen LogP contribution >= 0.6 is 0 Å². The van der Waals surface area contributed by atoms with Gasteiger partial charge in [0.2, 0.25) is 0 Å². The van der Waals surface area contributed by atoms with Crippen LogP contribution in [0.2, 0.25) is 0 Å². The second-order valence-electron chi connectivity index (χ2n) is 5.06. The zero-order valence-corrected chi connectivity index (χ0v) is 9.71. The van der Waals surface area contributed by atoms with E-state index in [1.54, 1.807) is 0 Å². The summed E-state index contributed by atoms with van der Waals surface area (Å²) in [5.74, 6) is -0.00249. The molecule has 0 saturated carbocycles. The summed E-state index contributed by atoms with van der Waals surface area (Å²) < 4.78 is 0. The lowest BCUT2D eigenvalue weighted by molar-refractivity contribution is 0.100. The van der Waals surface area contributed by atoms with Gasteiger partial charge in [-0.1, -0.05) is 45.0 Å². The second-order valence-corrected chi connectivity index (χ2v) is 5.06. The lowest BCUT2D eigenvalue weighted by Gasteiger charge is -2.18. The molecule has 2 heteroatoms. The van der Waals surface area contributed by atoms with Crippen molar-refractivity contribution in [3.8, 4) is 0 Å². The van der Waals surface area contributed by atoms with Crippen LogP contribution in [0.4, 0.5) is 0 Å². The van der Waals surface area contributed by atoms with Crippen molar-refractivity contribution < 1.29 is 4.79 Å². The molecule has 0 aliphatic heterocycles. The Morgan fingerprint density at radius 1 is 1.20 bits per heavy atom. The number of benzene rings is 1. The molecule has 2 N–H and O–H groups in total. The average Bonchev–Trinajstić information content (AvgIpc) is 2.15. The fourth-order valence-electron chi connectivity index (χ4n) is 1.54. The van der Waals surface area contributed by atoms with Gasteiger partial charge in [-0.3, -0.25) is 4.79 Å². The standard InChI is InChI=1S/C13H19NO/c1-13(2,3)8-10-4-6-11(7-5-10)12(15)9-14/h4-7H,8-9,14H2,1-3H3. The molecule has 0 aliphatic carbocycles. The highest BCUT2D eigenvalue weighted by Crippen LogP contribution is 2.20. The fraction of sp³-hybridized carbons (Fsp3) is 0.462. The predicted octanol–water partition coefficient (Wildman–Crippen LogP) is 2.42. The molecule has 0 saturated heterocycles. The van der Waals surface area contributed by atoms with Crippen LogP contribution in [0.5, 0.6) is 0 Å². The minimum absolute atomic E-state index is 0.00249. The van der Waals surface area contributed by atoms with Gasteiger partial charge in [-0.25, -0.2) is 0 Å². The molecule has 0 fully saturated rings. The van der Waals surface area contributed by atoms with Crippen LogP contribution in [0.25, 0.3) is 0 Å². The highest BCUT2D eigenvalue weighted by molar-refractivity contribution is 5.97. The first kappa shape index (κ1) is 11.9. The molecule has 15 heavy (non-hydrogen) atoms. The van der Waals surface area contributed by atoms with Crippen molar-refractivity contribution in [2.75, 3.05) is 6.54 Å². The normalized spacial score (nSPS) is 11.5. The summed E-state index contributed by atoms with van der Waals surface area (Å²) in [6.45, 7) is 6.68. The molecular formula is C13H19NO. The number of Topliss-reactive ketones (excluding diaryl/α,β-unsaturated/α-hetero) is 1. The Balaban J connectivity index is 2.77. The van der Waals surface area contributed by atoms with Crippen molar-refractivity contribution >= 4 is 5.78 Å². The van der Waals surface area contributed by atoms with Crippen molar-refractivity contribution in [3.05, 3.63) is 35.4 Å². The van der Waals surface area contributed by atoms with Gasteiger partial charge < -0.3 is 5.73 Å². The molecule has 0 spiro atoms. The average molecular weight is 205 g/mol.